The number of rotatable bonds is 7. The Bertz CT molecular complexity index is 824. The van der Waals surface area contributed by atoms with Crippen LogP contribution in [0.4, 0.5) is 0 Å². The first-order valence-electron chi connectivity index (χ1n) is 8.57. The van der Waals surface area contributed by atoms with Gasteiger partial charge in [-0.05, 0) is 17.7 Å². The number of ether oxygens (including phenoxy) is 1. The van der Waals surface area contributed by atoms with Crippen molar-refractivity contribution in [3.8, 4) is 0 Å². The molecule has 3 N–H and O–H groups in total. The summed E-state index contributed by atoms with van der Waals surface area (Å²) in [6.07, 6.45) is -0.132. The van der Waals surface area contributed by atoms with E-state index in [0.29, 0.717) is 5.56 Å². The summed E-state index contributed by atoms with van der Waals surface area (Å²) in [5, 5.41) is 2.68. The summed E-state index contributed by atoms with van der Waals surface area (Å²) in [6.45, 7) is 0.791. The van der Waals surface area contributed by atoms with Crippen LogP contribution in [0.2, 0.25) is 0 Å². The maximum atomic E-state index is 12.0. The fourth-order valence-electron chi connectivity index (χ4n) is 2.38. The zero-order valence-electron chi connectivity index (χ0n) is 15.3. The van der Waals surface area contributed by atoms with Crippen molar-refractivity contribution in [2.75, 3.05) is 6.61 Å². The molecule has 146 valence electrons. The highest BCUT2D eigenvalue weighted by molar-refractivity contribution is 5.95. The predicted molar refractivity (Wildman–Crippen MR) is 101 cm³/mol. The molecule has 0 aliphatic carbocycles. The summed E-state index contributed by atoms with van der Waals surface area (Å²) in [5.74, 6) is -2.13. The van der Waals surface area contributed by atoms with Gasteiger partial charge >= 0.3 is 5.97 Å². The molecule has 8 heteroatoms. The van der Waals surface area contributed by atoms with E-state index in [-0.39, 0.29) is 12.3 Å². The third kappa shape index (κ3) is 6.91. The minimum Gasteiger partial charge on any atom is -0.455 e. The molecule has 2 rings (SSSR count). The highest BCUT2D eigenvalue weighted by atomic mass is 16.5. The van der Waals surface area contributed by atoms with E-state index in [9.17, 15) is 19.2 Å². The van der Waals surface area contributed by atoms with Crippen LogP contribution in [0.25, 0.3) is 0 Å². The molecule has 0 fully saturated rings. The van der Waals surface area contributed by atoms with Crippen molar-refractivity contribution in [2.45, 2.75) is 19.4 Å². The second-order valence-corrected chi connectivity index (χ2v) is 5.90. The molecular formula is C20H21N3O5. The van der Waals surface area contributed by atoms with Crippen LogP contribution in [0.1, 0.15) is 35.3 Å². The van der Waals surface area contributed by atoms with Gasteiger partial charge in [-0.1, -0.05) is 48.5 Å². The molecule has 8 nitrogen and oxygen atoms in total. The van der Waals surface area contributed by atoms with Crippen molar-refractivity contribution in [2.24, 2.45) is 0 Å². The van der Waals surface area contributed by atoms with E-state index >= 15 is 0 Å². The maximum absolute atomic E-state index is 12.0. The molecule has 0 spiro atoms. The maximum Gasteiger partial charge on any atom is 0.308 e. The van der Waals surface area contributed by atoms with Gasteiger partial charge in [0.15, 0.2) is 6.61 Å². The zero-order valence-corrected chi connectivity index (χ0v) is 15.3. The largest absolute Gasteiger partial charge is 0.455 e. The van der Waals surface area contributed by atoms with Gasteiger partial charge in [0.05, 0.1) is 12.5 Å². The summed E-state index contributed by atoms with van der Waals surface area (Å²) >= 11 is 0. The minimum atomic E-state index is -0.687. The summed E-state index contributed by atoms with van der Waals surface area (Å²) in [6, 6.07) is 16.7. The van der Waals surface area contributed by atoms with Crippen LogP contribution in [0.3, 0.4) is 0 Å². The molecule has 1 atom stereocenters. The molecule has 28 heavy (non-hydrogen) atoms. The third-order valence-corrected chi connectivity index (χ3v) is 3.67. The first-order valence-corrected chi connectivity index (χ1v) is 8.57. The molecule has 0 aliphatic heterocycles. The highest BCUT2D eigenvalue weighted by Gasteiger charge is 2.18. The monoisotopic (exact) mass is 383 g/mol. The number of nitrogens with one attached hydrogen (secondary N) is 3. The van der Waals surface area contributed by atoms with Crippen LogP contribution < -0.4 is 16.2 Å². The number of hydrogen-bond acceptors (Lipinski definition) is 5. The molecule has 0 saturated carbocycles. The van der Waals surface area contributed by atoms with Gasteiger partial charge in [0.1, 0.15) is 0 Å². The van der Waals surface area contributed by atoms with Crippen LogP contribution >= 0.6 is 0 Å². The number of carbonyl (C=O) groups excluding carboxylic acids is 4. The molecule has 0 saturated heterocycles. The van der Waals surface area contributed by atoms with E-state index in [2.05, 4.69) is 16.2 Å². The average molecular weight is 383 g/mol. The summed E-state index contributed by atoms with van der Waals surface area (Å²) in [4.78, 5) is 47.0. The lowest BCUT2D eigenvalue weighted by Crippen LogP contribution is -2.43. The molecule has 3 amide bonds. The Morgan fingerprint density at radius 2 is 1.50 bits per heavy atom. The molecular weight excluding hydrogens is 362 g/mol. The fourth-order valence-corrected chi connectivity index (χ4v) is 2.38. The molecule has 0 heterocycles. The Morgan fingerprint density at radius 3 is 2.11 bits per heavy atom. The quantitative estimate of drug-likeness (QED) is 0.492. The number of hydrogen-bond donors (Lipinski definition) is 3. The Morgan fingerprint density at radius 1 is 0.893 bits per heavy atom. The van der Waals surface area contributed by atoms with Crippen LogP contribution in [0.5, 0.6) is 0 Å². The number of esters is 1. The summed E-state index contributed by atoms with van der Waals surface area (Å²) in [7, 11) is 0. The summed E-state index contributed by atoms with van der Waals surface area (Å²) < 4.78 is 4.92. The van der Waals surface area contributed by atoms with E-state index in [1.54, 1.807) is 54.6 Å². The van der Waals surface area contributed by atoms with E-state index in [1.165, 1.54) is 6.92 Å². The van der Waals surface area contributed by atoms with Gasteiger partial charge in [0.2, 0.25) is 5.91 Å². The van der Waals surface area contributed by atoms with E-state index in [4.69, 9.17) is 4.74 Å². The average Bonchev–Trinajstić information content (AvgIpc) is 2.71. The molecule has 0 radical (unpaired) electrons. The van der Waals surface area contributed by atoms with Crippen LogP contribution in [0, 0.1) is 0 Å². The number of benzene rings is 2. The zero-order chi connectivity index (χ0) is 20.4. The first kappa shape index (κ1) is 20.6. The minimum absolute atomic E-state index is 0.132. The van der Waals surface area contributed by atoms with Gasteiger partial charge in [-0.15, -0.1) is 0 Å². The van der Waals surface area contributed by atoms with Gasteiger partial charge in [-0.25, -0.2) is 0 Å². The Hall–Kier alpha value is -3.68. The third-order valence-electron chi connectivity index (χ3n) is 3.67. The van der Waals surface area contributed by atoms with Crippen molar-refractivity contribution in [3.05, 3.63) is 71.8 Å². The van der Waals surface area contributed by atoms with Gasteiger partial charge in [0, 0.05) is 12.5 Å². The SMILES string of the molecule is CC(=O)N[C@H](CC(=O)OCC(=O)NNC(=O)c1ccccc1)c1ccccc1. The number of carbonyl (C=O) groups is 4. The van der Waals surface area contributed by atoms with Crippen LogP contribution in [-0.2, 0) is 19.1 Å². The van der Waals surface area contributed by atoms with Crippen LogP contribution in [0.15, 0.2) is 60.7 Å². The van der Waals surface area contributed by atoms with E-state index in [1.807, 2.05) is 6.07 Å². The Kier molecular flexibility index (Phi) is 7.71. The van der Waals surface area contributed by atoms with Gasteiger partial charge in [-0.2, -0.15) is 0 Å². The van der Waals surface area contributed by atoms with Crippen molar-refractivity contribution < 1.29 is 23.9 Å². The molecule has 2 aromatic carbocycles. The predicted octanol–water partition coefficient (Wildman–Crippen LogP) is 1.26. The summed E-state index contributed by atoms with van der Waals surface area (Å²) in [5.41, 5.74) is 5.52. The smallest absolute Gasteiger partial charge is 0.308 e. The fraction of sp³-hybridized carbons (Fsp3) is 0.200. The first-order chi connectivity index (χ1) is 13.5. The van der Waals surface area contributed by atoms with E-state index < -0.39 is 30.4 Å². The Labute approximate surface area is 162 Å². The van der Waals surface area contributed by atoms with Gasteiger partial charge < -0.3 is 10.1 Å². The normalized spacial score (nSPS) is 11.0. The standard InChI is InChI=1S/C20H21N3O5/c1-14(24)21-17(15-8-4-2-5-9-15)12-19(26)28-13-18(25)22-23-20(27)16-10-6-3-7-11-16/h2-11,17H,12-13H2,1H3,(H,21,24)(H,22,25)(H,23,27)/t17-/m1/s1. The molecule has 0 aliphatic rings. The van der Waals surface area contributed by atoms with Crippen molar-refractivity contribution in [1.82, 2.24) is 16.2 Å². The molecule has 0 unspecified atom stereocenters. The second kappa shape index (κ2) is 10.5. The molecule has 0 aromatic heterocycles. The highest BCUT2D eigenvalue weighted by Crippen LogP contribution is 2.17. The van der Waals surface area contributed by atoms with Crippen LogP contribution in [-0.4, -0.2) is 30.3 Å². The van der Waals surface area contributed by atoms with Crippen molar-refractivity contribution >= 4 is 23.7 Å². The van der Waals surface area contributed by atoms with Gasteiger partial charge in [0.25, 0.3) is 11.8 Å². The van der Waals surface area contributed by atoms with Gasteiger partial charge in [-0.3, -0.25) is 30.0 Å². The second-order valence-electron chi connectivity index (χ2n) is 5.90. The number of amides is 3. The molecule has 2 aromatic rings. The lowest BCUT2D eigenvalue weighted by Gasteiger charge is -2.17. The van der Waals surface area contributed by atoms with E-state index in [0.717, 1.165) is 5.56 Å². The number of hydrazine groups is 1. The Balaban J connectivity index is 1.79. The molecule has 0 bridgehead atoms. The lowest BCUT2D eigenvalue weighted by atomic mass is 10.0. The topological polar surface area (TPSA) is 114 Å². The van der Waals surface area contributed by atoms with Crippen molar-refractivity contribution in [1.29, 1.82) is 0 Å². The lowest BCUT2D eigenvalue weighted by molar-refractivity contribution is -0.149. The van der Waals surface area contributed by atoms with Crippen molar-refractivity contribution in [3.63, 3.8) is 0 Å².